The summed E-state index contributed by atoms with van der Waals surface area (Å²) in [5.41, 5.74) is 2.49. The first-order chi connectivity index (χ1) is 9.67. The highest BCUT2D eigenvalue weighted by Gasteiger charge is 2.11. The minimum absolute atomic E-state index is 0.277. The second-order valence-corrected chi connectivity index (χ2v) is 5.72. The molecule has 1 atom stereocenters. The number of aryl methyl sites for hydroxylation is 1. The number of aliphatic hydroxyl groups is 1. The molecule has 0 radical (unpaired) electrons. The molecule has 6 nitrogen and oxygen atoms in total. The number of nitrogen functional groups attached to an aromatic ring is 1. The molecule has 0 saturated carbocycles. The van der Waals surface area contributed by atoms with Gasteiger partial charge in [0, 0.05) is 11.4 Å². The zero-order valence-electron chi connectivity index (χ0n) is 11.8. The lowest BCUT2D eigenvalue weighted by Gasteiger charge is -2.10. The maximum absolute atomic E-state index is 9.59. The van der Waals surface area contributed by atoms with Gasteiger partial charge in [-0.25, -0.2) is 10.8 Å². The Hall–Kier alpha value is -1.44. The van der Waals surface area contributed by atoms with Gasteiger partial charge in [0.15, 0.2) is 0 Å². The van der Waals surface area contributed by atoms with Gasteiger partial charge in [-0.3, -0.25) is 5.43 Å². The van der Waals surface area contributed by atoms with Crippen LogP contribution in [0.15, 0.2) is 6.07 Å². The summed E-state index contributed by atoms with van der Waals surface area (Å²) >= 11 is 1.65. The fourth-order valence-electron chi connectivity index (χ4n) is 1.91. The zero-order chi connectivity index (χ0) is 14.5. The summed E-state index contributed by atoms with van der Waals surface area (Å²) in [7, 11) is 0. The van der Waals surface area contributed by atoms with E-state index >= 15 is 0 Å². The molecule has 2 rings (SSSR count). The molecule has 0 saturated heterocycles. The molecule has 0 fully saturated rings. The van der Waals surface area contributed by atoms with E-state index in [1.165, 1.54) is 4.88 Å². The van der Waals surface area contributed by atoms with Crippen LogP contribution in [0.2, 0.25) is 0 Å². The largest absolute Gasteiger partial charge is 0.393 e. The third-order valence-electron chi connectivity index (χ3n) is 3.16. The number of hydrogen-bond donors (Lipinski definition) is 4. The van der Waals surface area contributed by atoms with Crippen molar-refractivity contribution in [3.8, 4) is 0 Å². The van der Waals surface area contributed by atoms with E-state index in [4.69, 9.17) is 5.84 Å². The first-order valence-corrected chi connectivity index (χ1v) is 7.68. The molecule has 110 valence electrons. The molecule has 0 aliphatic carbocycles. The Morgan fingerprint density at radius 1 is 1.40 bits per heavy atom. The molecule has 1 unspecified atom stereocenters. The third-order valence-corrected chi connectivity index (χ3v) is 4.34. The second kappa shape index (κ2) is 6.83. The highest BCUT2D eigenvalue weighted by Crippen LogP contribution is 2.30. The summed E-state index contributed by atoms with van der Waals surface area (Å²) in [4.78, 5) is 10.9. The van der Waals surface area contributed by atoms with Crippen molar-refractivity contribution in [1.29, 1.82) is 0 Å². The molecule has 0 aliphatic rings. The lowest BCUT2D eigenvalue weighted by Crippen LogP contribution is -2.15. The van der Waals surface area contributed by atoms with Gasteiger partial charge in [0.25, 0.3) is 0 Å². The number of thiophene rings is 1. The van der Waals surface area contributed by atoms with E-state index < -0.39 is 0 Å². The Balaban J connectivity index is 2.23. The molecule has 0 amide bonds. The van der Waals surface area contributed by atoms with Crippen molar-refractivity contribution in [2.45, 2.75) is 39.2 Å². The maximum atomic E-state index is 9.59. The Kier molecular flexibility index (Phi) is 5.11. The predicted octanol–water partition coefficient (Wildman–Crippen LogP) is 2.11. The summed E-state index contributed by atoms with van der Waals surface area (Å²) in [6, 6.07) is 2.11. The van der Waals surface area contributed by atoms with Crippen molar-refractivity contribution < 1.29 is 5.11 Å². The van der Waals surface area contributed by atoms with Crippen LogP contribution in [0.3, 0.4) is 0 Å². The van der Waals surface area contributed by atoms with E-state index in [2.05, 4.69) is 33.7 Å². The molecule has 0 aromatic carbocycles. The molecule has 0 spiro atoms. The third kappa shape index (κ3) is 3.36. The van der Waals surface area contributed by atoms with Gasteiger partial charge in [-0.2, -0.15) is 4.98 Å². The standard InChI is InChI=1S/C13H21N5OS/c1-3-8(19)5-6-15-11-10-7-9(4-2)20-12(10)17-13(16-11)18-14/h7-8,19H,3-6,14H2,1-2H3,(H2,15,16,17,18). The van der Waals surface area contributed by atoms with E-state index in [1.807, 2.05) is 6.92 Å². The number of anilines is 2. The van der Waals surface area contributed by atoms with Gasteiger partial charge < -0.3 is 10.4 Å². The highest BCUT2D eigenvalue weighted by atomic mass is 32.1. The molecule has 5 N–H and O–H groups in total. The summed E-state index contributed by atoms with van der Waals surface area (Å²) < 4.78 is 0. The highest BCUT2D eigenvalue weighted by molar-refractivity contribution is 7.18. The topological polar surface area (TPSA) is 96.1 Å². The van der Waals surface area contributed by atoms with E-state index in [1.54, 1.807) is 11.3 Å². The van der Waals surface area contributed by atoms with Crippen molar-refractivity contribution in [3.05, 3.63) is 10.9 Å². The minimum atomic E-state index is -0.277. The lowest BCUT2D eigenvalue weighted by atomic mass is 10.2. The number of nitrogens with one attached hydrogen (secondary N) is 2. The second-order valence-electron chi connectivity index (χ2n) is 4.60. The van der Waals surface area contributed by atoms with Crippen molar-refractivity contribution in [1.82, 2.24) is 9.97 Å². The first kappa shape index (κ1) is 15.0. The van der Waals surface area contributed by atoms with Gasteiger partial charge in [0.2, 0.25) is 5.95 Å². The van der Waals surface area contributed by atoms with Gasteiger partial charge in [-0.05, 0) is 25.3 Å². The number of nitrogens with two attached hydrogens (primary N) is 1. The van der Waals surface area contributed by atoms with Crippen molar-refractivity contribution in [3.63, 3.8) is 0 Å². The fourth-order valence-corrected chi connectivity index (χ4v) is 2.87. The average molecular weight is 295 g/mol. The molecule has 20 heavy (non-hydrogen) atoms. The van der Waals surface area contributed by atoms with Crippen molar-refractivity contribution in [2.24, 2.45) is 5.84 Å². The zero-order valence-corrected chi connectivity index (χ0v) is 12.6. The molecular weight excluding hydrogens is 274 g/mol. The molecule has 7 heteroatoms. The Bertz CT molecular complexity index is 571. The van der Waals surface area contributed by atoms with Crippen LogP contribution >= 0.6 is 11.3 Å². The quantitative estimate of drug-likeness (QED) is 0.461. The molecule has 0 bridgehead atoms. The van der Waals surface area contributed by atoms with Gasteiger partial charge in [-0.1, -0.05) is 13.8 Å². The fraction of sp³-hybridized carbons (Fsp3) is 0.538. The Morgan fingerprint density at radius 3 is 2.85 bits per heavy atom. The first-order valence-electron chi connectivity index (χ1n) is 6.86. The summed E-state index contributed by atoms with van der Waals surface area (Å²) in [5, 5.41) is 13.9. The number of fused-ring (bicyclic) bond motifs is 1. The molecule has 2 heterocycles. The van der Waals surface area contributed by atoms with Crippen molar-refractivity contribution >= 4 is 33.3 Å². The van der Waals surface area contributed by atoms with Crippen LogP contribution in [-0.4, -0.2) is 27.7 Å². The van der Waals surface area contributed by atoms with Crippen LogP contribution in [0, 0.1) is 0 Å². The molecule has 2 aromatic heterocycles. The van der Waals surface area contributed by atoms with Crippen LogP contribution in [0.1, 0.15) is 31.6 Å². The van der Waals surface area contributed by atoms with Crippen LogP contribution in [0.5, 0.6) is 0 Å². The summed E-state index contributed by atoms with van der Waals surface area (Å²) in [6.45, 7) is 4.75. The molecule has 2 aromatic rings. The number of nitrogens with zero attached hydrogens (tertiary/aromatic N) is 2. The smallest absolute Gasteiger partial charge is 0.240 e. The number of aromatic nitrogens is 2. The monoisotopic (exact) mass is 295 g/mol. The van der Waals surface area contributed by atoms with E-state index in [0.717, 1.165) is 28.9 Å². The van der Waals surface area contributed by atoms with Gasteiger partial charge in [0.05, 0.1) is 11.5 Å². The Labute approximate surface area is 122 Å². The van der Waals surface area contributed by atoms with Crippen molar-refractivity contribution in [2.75, 3.05) is 17.3 Å². The molecular formula is C13H21N5OS. The van der Waals surface area contributed by atoms with Gasteiger partial charge >= 0.3 is 0 Å². The average Bonchev–Trinajstić information content (AvgIpc) is 2.89. The van der Waals surface area contributed by atoms with E-state index in [-0.39, 0.29) is 6.10 Å². The number of aliphatic hydroxyl groups excluding tert-OH is 1. The minimum Gasteiger partial charge on any atom is -0.393 e. The van der Waals surface area contributed by atoms with Crippen LogP contribution in [0.25, 0.3) is 10.2 Å². The van der Waals surface area contributed by atoms with Gasteiger partial charge in [0.1, 0.15) is 10.6 Å². The summed E-state index contributed by atoms with van der Waals surface area (Å²) in [6.07, 6.45) is 2.15. The predicted molar refractivity (Wildman–Crippen MR) is 84.0 cm³/mol. The van der Waals surface area contributed by atoms with Gasteiger partial charge in [-0.15, -0.1) is 11.3 Å². The van der Waals surface area contributed by atoms with Crippen LogP contribution in [-0.2, 0) is 6.42 Å². The number of hydrogen-bond acceptors (Lipinski definition) is 7. The summed E-state index contributed by atoms with van der Waals surface area (Å²) in [5.74, 6) is 6.58. The number of hydrazine groups is 1. The SMILES string of the molecule is CCc1cc2c(NCCC(O)CC)nc(NN)nc2s1. The normalized spacial score (nSPS) is 12.6. The van der Waals surface area contributed by atoms with Crippen LogP contribution in [0.4, 0.5) is 11.8 Å². The van der Waals surface area contributed by atoms with Crippen LogP contribution < -0.4 is 16.6 Å². The maximum Gasteiger partial charge on any atom is 0.240 e. The number of rotatable bonds is 7. The van der Waals surface area contributed by atoms with E-state index in [9.17, 15) is 5.11 Å². The Morgan fingerprint density at radius 2 is 2.20 bits per heavy atom. The van der Waals surface area contributed by atoms with E-state index in [0.29, 0.717) is 18.9 Å². The lowest BCUT2D eigenvalue weighted by molar-refractivity contribution is 0.164. The molecule has 0 aliphatic heterocycles.